The molecule has 1 N–H and O–H groups in total. The second-order valence-electron chi connectivity index (χ2n) is 8.22. The van der Waals surface area contributed by atoms with Crippen molar-refractivity contribution in [2.24, 2.45) is 0 Å². The Morgan fingerprint density at radius 3 is 2.35 bits per heavy atom. The van der Waals surface area contributed by atoms with Crippen molar-refractivity contribution < 1.29 is 19.1 Å². The molecule has 4 rings (SSSR count). The van der Waals surface area contributed by atoms with Crippen LogP contribution in [-0.4, -0.2) is 25.5 Å². The molecule has 3 aromatic rings. The van der Waals surface area contributed by atoms with Crippen molar-refractivity contribution in [2.75, 3.05) is 23.9 Å². The van der Waals surface area contributed by atoms with Crippen LogP contribution in [0.1, 0.15) is 30.0 Å². The fourth-order valence-corrected chi connectivity index (χ4v) is 3.88. The van der Waals surface area contributed by atoms with Crippen LogP contribution in [0.25, 0.3) is 5.57 Å². The summed E-state index contributed by atoms with van der Waals surface area (Å²) >= 11 is 0. The number of anilines is 2. The van der Waals surface area contributed by atoms with Gasteiger partial charge in [0.2, 0.25) is 0 Å². The van der Waals surface area contributed by atoms with Crippen molar-refractivity contribution in [1.82, 2.24) is 0 Å². The summed E-state index contributed by atoms with van der Waals surface area (Å²) < 4.78 is 11.0. The molecule has 0 atom stereocenters. The predicted molar refractivity (Wildman–Crippen MR) is 134 cm³/mol. The van der Waals surface area contributed by atoms with Crippen LogP contribution in [0.4, 0.5) is 11.4 Å². The van der Waals surface area contributed by atoms with Crippen molar-refractivity contribution in [1.29, 1.82) is 0 Å². The molecule has 0 fully saturated rings. The molecular weight excluding hydrogens is 428 g/mol. The molecule has 6 heteroatoms. The SMILES string of the molecule is CCCOc1ccc(C2=C(Nc3cccc(OC)c3)C(=O)N(c3cc(C)ccc3C)C2=O)cc1. The number of methoxy groups -OCH3 is 1. The predicted octanol–water partition coefficient (Wildman–Crippen LogP) is 5.50. The molecular formula is C28H28N2O4. The molecule has 1 aliphatic heterocycles. The minimum atomic E-state index is -0.400. The number of hydrogen-bond donors (Lipinski definition) is 1. The normalized spacial score (nSPS) is 13.5. The lowest BCUT2D eigenvalue weighted by Crippen LogP contribution is -2.33. The van der Waals surface area contributed by atoms with Gasteiger partial charge in [-0.05, 0) is 67.3 Å². The lowest BCUT2D eigenvalue weighted by atomic mass is 10.0. The molecule has 0 unspecified atom stereocenters. The molecule has 1 heterocycles. The van der Waals surface area contributed by atoms with Crippen LogP contribution in [0.5, 0.6) is 11.5 Å². The van der Waals surface area contributed by atoms with Crippen molar-refractivity contribution in [2.45, 2.75) is 27.2 Å². The number of amides is 2. The number of ether oxygens (including phenoxy) is 2. The summed E-state index contributed by atoms with van der Waals surface area (Å²) in [5, 5.41) is 3.18. The summed E-state index contributed by atoms with van der Waals surface area (Å²) in [5.74, 6) is 0.596. The van der Waals surface area contributed by atoms with E-state index < -0.39 is 5.91 Å². The number of imide groups is 1. The Kier molecular flexibility index (Phi) is 6.68. The van der Waals surface area contributed by atoms with Crippen LogP contribution in [-0.2, 0) is 9.59 Å². The molecule has 6 nitrogen and oxygen atoms in total. The topological polar surface area (TPSA) is 67.9 Å². The second kappa shape index (κ2) is 9.83. The number of aryl methyl sites for hydroxylation is 2. The average Bonchev–Trinajstić information content (AvgIpc) is 3.08. The van der Waals surface area contributed by atoms with Gasteiger partial charge in [0.15, 0.2) is 0 Å². The zero-order valence-electron chi connectivity index (χ0n) is 19.8. The minimum Gasteiger partial charge on any atom is -0.497 e. The van der Waals surface area contributed by atoms with E-state index in [0.717, 1.165) is 23.3 Å². The Hall–Kier alpha value is -4.06. The first kappa shape index (κ1) is 23.1. The summed E-state index contributed by atoms with van der Waals surface area (Å²) in [5.41, 5.74) is 4.22. The van der Waals surface area contributed by atoms with Gasteiger partial charge >= 0.3 is 0 Å². The Morgan fingerprint density at radius 1 is 0.882 bits per heavy atom. The monoisotopic (exact) mass is 456 g/mol. The summed E-state index contributed by atoms with van der Waals surface area (Å²) in [6.45, 7) is 6.48. The van der Waals surface area contributed by atoms with E-state index in [1.54, 1.807) is 13.2 Å². The molecule has 174 valence electrons. The van der Waals surface area contributed by atoms with Crippen LogP contribution in [0.2, 0.25) is 0 Å². The maximum absolute atomic E-state index is 13.7. The number of benzene rings is 3. The summed E-state index contributed by atoms with van der Waals surface area (Å²) in [4.78, 5) is 28.6. The molecule has 0 spiro atoms. The number of rotatable bonds is 8. The largest absolute Gasteiger partial charge is 0.497 e. The van der Waals surface area contributed by atoms with E-state index >= 15 is 0 Å². The highest BCUT2D eigenvalue weighted by molar-refractivity contribution is 6.46. The Bertz CT molecular complexity index is 1260. The van der Waals surface area contributed by atoms with Gasteiger partial charge in [-0.1, -0.05) is 37.3 Å². The van der Waals surface area contributed by atoms with E-state index in [1.165, 1.54) is 4.90 Å². The highest BCUT2D eigenvalue weighted by Crippen LogP contribution is 2.36. The molecule has 0 aliphatic carbocycles. The molecule has 0 bridgehead atoms. The first-order chi connectivity index (χ1) is 16.4. The quantitative estimate of drug-likeness (QED) is 0.454. The number of nitrogens with one attached hydrogen (secondary N) is 1. The van der Waals surface area contributed by atoms with Crippen LogP contribution < -0.4 is 19.7 Å². The summed E-state index contributed by atoms with van der Waals surface area (Å²) in [6.07, 6.45) is 0.902. The van der Waals surface area contributed by atoms with E-state index in [-0.39, 0.29) is 11.6 Å². The number of nitrogens with zero attached hydrogens (tertiary/aromatic N) is 1. The summed E-state index contributed by atoms with van der Waals surface area (Å²) in [7, 11) is 1.58. The Balaban J connectivity index is 1.79. The lowest BCUT2D eigenvalue weighted by molar-refractivity contribution is -0.120. The fraction of sp³-hybridized carbons (Fsp3) is 0.214. The minimum absolute atomic E-state index is 0.224. The highest BCUT2D eigenvalue weighted by Gasteiger charge is 2.40. The number of hydrogen-bond acceptors (Lipinski definition) is 5. The lowest BCUT2D eigenvalue weighted by Gasteiger charge is -2.18. The number of carbonyl (C=O) groups excluding carboxylic acids is 2. The molecule has 0 saturated heterocycles. The van der Waals surface area contributed by atoms with Crippen molar-refractivity contribution in [3.05, 3.63) is 89.1 Å². The molecule has 2 amide bonds. The van der Waals surface area contributed by atoms with E-state index in [1.807, 2.05) is 81.4 Å². The van der Waals surface area contributed by atoms with E-state index in [4.69, 9.17) is 9.47 Å². The molecule has 1 aliphatic rings. The van der Waals surface area contributed by atoms with Crippen LogP contribution in [0.15, 0.2) is 72.4 Å². The zero-order chi connectivity index (χ0) is 24.2. The summed E-state index contributed by atoms with van der Waals surface area (Å²) in [6, 6.07) is 20.2. The average molecular weight is 457 g/mol. The first-order valence-corrected chi connectivity index (χ1v) is 11.3. The van der Waals surface area contributed by atoms with Crippen molar-refractivity contribution in [3.63, 3.8) is 0 Å². The molecule has 0 aromatic heterocycles. The zero-order valence-corrected chi connectivity index (χ0v) is 19.8. The van der Waals surface area contributed by atoms with E-state index in [9.17, 15) is 9.59 Å². The Morgan fingerprint density at radius 2 is 1.65 bits per heavy atom. The van der Waals surface area contributed by atoms with Gasteiger partial charge in [-0.3, -0.25) is 9.59 Å². The smallest absolute Gasteiger partial charge is 0.282 e. The van der Waals surface area contributed by atoms with E-state index in [2.05, 4.69) is 5.32 Å². The van der Waals surface area contributed by atoms with Gasteiger partial charge in [0.25, 0.3) is 11.8 Å². The van der Waals surface area contributed by atoms with Crippen LogP contribution in [0.3, 0.4) is 0 Å². The van der Waals surface area contributed by atoms with Gasteiger partial charge < -0.3 is 14.8 Å². The first-order valence-electron chi connectivity index (χ1n) is 11.3. The van der Waals surface area contributed by atoms with Gasteiger partial charge in [0.05, 0.1) is 25.0 Å². The van der Waals surface area contributed by atoms with Gasteiger partial charge in [-0.15, -0.1) is 0 Å². The molecule has 0 radical (unpaired) electrons. The molecule has 0 saturated carbocycles. The van der Waals surface area contributed by atoms with E-state index in [0.29, 0.717) is 34.9 Å². The molecule has 34 heavy (non-hydrogen) atoms. The number of carbonyl (C=O) groups is 2. The second-order valence-corrected chi connectivity index (χ2v) is 8.22. The standard InChI is InChI=1S/C28H28N2O4/c1-5-15-34-22-13-11-20(12-14-22)25-26(29-21-7-6-8-23(17-21)33-4)28(32)30(27(25)31)24-16-18(2)9-10-19(24)3/h6-14,16-17,29H,5,15H2,1-4H3. The van der Waals surface area contributed by atoms with Crippen LogP contribution >= 0.6 is 0 Å². The van der Waals surface area contributed by atoms with Gasteiger partial charge in [0.1, 0.15) is 17.2 Å². The third-order valence-corrected chi connectivity index (χ3v) is 5.64. The third kappa shape index (κ3) is 4.53. The highest BCUT2D eigenvalue weighted by atomic mass is 16.5. The van der Waals surface area contributed by atoms with Crippen LogP contribution in [0, 0.1) is 13.8 Å². The van der Waals surface area contributed by atoms with Crippen molar-refractivity contribution >= 4 is 28.8 Å². The van der Waals surface area contributed by atoms with Gasteiger partial charge in [-0.2, -0.15) is 0 Å². The fourth-order valence-electron chi connectivity index (χ4n) is 3.88. The molecule has 3 aromatic carbocycles. The maximum atomic E-state index is 13.7. The maximum Gasteiger partial charge on any atom is 0.282 e. The Labute approximate surface area is 199 Å². The van der Waals surface area contributed by atoms with Gasteiger partial charge in [-0.25, -0.2) is 4.90 Å². The van der Waals surface area contributed by atoms with Gasteiger partial charge in [0, 0.05) is 11.8 Å². The third-order valence-electron chi connectivity index (χ3n) is 5.64. The van der Waals surface area contributed by atoms with Crippen molar-refractivity contribution in [3.8, 4) is 11.5 Å².